The Bertz CT molecular complexity index is 599. The fraction of sp³-hybridized carbons (Fsp3) is 0.682. The molecule has 0 aliphatic carbocycles. The van der Waals surface area contributed by atoms with E-state index < -0.39 is 27.4 Å². The van der Waals surface area contributed by atoms with Gasteiger partial charge in [-0.15, -0.1) is 38.0 Å². The molecule has 1 aromatic rings. The molecule has 1 rings (SSSR count). The summed E-state index contributed by atoms with van der Waals surface area (Å²) in [4.78, 5) is 0. The van der Waals surface area contributed by atoms with E-state index in [1.807, 2.05) is 0 Å². The van der Waals surface area contributed by atoms with E-state index in [9.17, 15) is 13.0 Å². The molecule has 33 heavy (non-hydrogen) atoms. The van der Waals surface area contributed by atoms with E-state index in [-0.39, 0.29) is 59.4 Å². The molecule has 1 aromatic carbocycles. The average molecular weight is 550 g/mol. The van der Waals surface area contributed by atoms with E-state index in [0.29, 0.717) is 18.7 Å². The molecule has 1 atom stereocenters. The Morgan fingerprint density at radius 3 is 1.70 bits per heavy atom. The summed E-state index contributed by atoms with van der Waals surface area (Å²) in [6.45, 7) is 11.6. The van der Waals surface area contributed by atoms with Crippen LogP contribution in [0.5, 0.6) is 0 Å². The van der Waals surface area contributed by atoms with Crippen molar-refractivity contribution in [2.24, 2.45) is 4.40 Å². The predicted octanol–water partition coefficient (Wildman–Crippen LogP) is 1.70. The Labute approximate surface area is 221 Å². The second-order valence-corrected chi connectivity index (χ2v) is 8.75. The van der Waals surface area contributed by atoms with E-state index in [0.717, 1.165) is 18.2 Å². The Morgan fingerprint density at radius 2 is 1.36 bits per heavy atom. The Hall–Kier alpha value is -0.256. The molecule has 0 N–H and O–H groups in total. The van der Waals surface area contributed by atoms with Crippen molar-refractivity contribution in [3.05, 3.63) is 35.4 Å². The van der Waals surface area contributed by atoms with Gasteiger partial charge in [0.1, 0.15) is 22.6 Å². The van der Waals surface area contributed by atoms with Crippen LogP contribution in [0.2, 0.25) is 0 Å². The normalized spacial score (nSPS) is 10.9. The number of nitrogens with zero attached hydrogens (tertiary/aromatic N) is 1. The first-order chi connectivity index (χ1) is 14.9. The van der Waals surface area contributed by atoms with Crippen LogP contribution in [0, 0.1) is 11.6 Å². The summed E-state index contributed by atoms with van der Waals surface area (Å²) in [6.07, 6.45) is 0.906. The average Bonchev–Trinajstić information content (AvgIpc) is 2.69. The van der Waals surface area contributed by atoms with Crippen molar-refractivity contribution in [3.63, 3.8) is 0 Å². The molecule has 0 heterocycles. The van der Waals surface area contributed by atoms with Crippen molar-refractivity contribution in [1.29, 1.82) is 0 Å². The number of hydrogen-bond acceptors (Lipinski definition) is 5. The zero-order valence-corrected chi connectivity index (χ0v) is 23.8. The zero-order chi connectivity index (χ0) is 26.2. The molecule has 0 bridgehead atoms. The largest absolute Gasteiger partial charge is 4.00 e. The van der Waals surface area contributed by atoms with Crippen LogP contribution < -0.4 is 20.4 Å². The van der Waals surface area contributed by atoms with E-state index in [1.165, 1.54) is 0 Å². The summed E-state index contributed by atoms with van der Waals surface area (Å²) < 4.78 is 42.7. The van der Waals surface area contributed by atoms with Gasteiger partial charge in [-0.05, 0) is 51.8 Å². The first kappa shape index (κ1) is 42.9. The molecule has 0 saturated carbocycles. The maximum absolute atomic E-state index is 13.8. The van der Waals surface area contributed by atoms with Gasteiger partial charge in [0.25, 0.3) is 0 Å². The third-order valence-electron chi connectivity index (χ3n) is 2.50. The van der Waals surface area contributed by atoms with Crippen LogP contribution in [0.4, 0.5) is 8.78 Å². The summed E-state index contributed by atoms with van der Waals surface area (Å²) in [5.74, 6) is -0.759. The van der Waals surface area contributed by atoms with Crippen LogP contribution in [-0.2, 0) is 32.7 Å². The molecule has 6 nitrogen and oxygen atoms in total. The molecule has 0 aliphatic rings. The van der Waals surface area contributed by atoms with Gasteiger partial charge in [0.05, 0.1) is 10.5 Å². The molecular weight excluding hydrogens is 512 g/mol. The van der Waals surface area contributed by atoms with Gasteiger partial charge in [-0.25, -0.2) is 13.0 Å². The molecule has 0 aliphatic heterocycles. The topological polar surface area (TPSA) is 122 Å². The molecule has 0 saturated heterocycles. The standard InChI is InChI=1S/C14H18ClF2NOS.4C2H5O.Ti/c1-14(2,3)20(19)18-13(5-4-8-15)11-9-10(16)6-7-12(11)17;4*1-2-3;/h6-7,9H,4-5,8H2,1-3H3;4*2H2,1H3;/q;4*-1;+4/t20-;;;;;/m0...../s1. The number of benzene rings is 1. The minimum Gasteiger partial charge on any atom is -0.855 e. The van der Waals surface area contributed by atoms with E-state index in [1.54, 1.807) is 48.5 Å². The van der Waals surface area contributed by atoms with Gasteiger partial charge in [0.2, 0.25) is 0 Å². The van der Waals surface area contributed by atoms with Gasteiger partial charge in [-0.3, -0.25) is 0 Å². The quantitative estimate of drug-likeness (QED) is 0.314. The van der Waals surface area contributed by atoms with Crippen molar-refractivity contribution < 1.29 is 55.1 Å². The first-order valence-corrected chi connectivity index (χ1v) is 11.9. The summed E-state index contributed by atoms with van der Waals surface area (Å²) in [7, 11) is -1.53. The monoisotopic (exact) mass is 549 g/mol. The van der Waals surface area contributed by atoms with Crippen molar-refractivity contribution >= 4 is 28.3 Å². The Balaban J connectivity index is -0.000000168. The predicted molar refractivity (Wildman–Crippen MR) is 123 cm³/mol. The number of alkyl halides is 1. The molecule has 0 radical (unpaired) electrons. The second kappa shape index (κ2) is 29.8. The van der Waals surface area contributed by atoms with Crippen LogP contribution in [0.25, 0.3) is 0 Å². The molecule has 11 heteroatoms. The van der Waals surface area contributed by atoms with Gasteiger partial charge in [-0.2, -0.15) is 4.40 Å². The van der Waals surface area contributed by atoms with Crippen LogP contribution in [-0.4, -0.2) is 47.0 Å². The van der Waals surface area contributed by atoms with E-state index in [2.05, 4.69) is 4.40 Å². The summed E-state index contributed by atoms with van der Waals surface area (Å²) in [6, 6.07) is 3.15. The van der Waals surface area contributed by atoms with Crippen LogP contribution in [0.15, 0.2) is 22.6 Å². The van der Waals surface area contributed by atoms with Crippen LogP contribution in [0.1, 0.15) is 66.9 Å². The SMILES string of the molecule is CC(C)(C)[S@](=O)N=C(CCCCl)c1cc(F)ccc1F.CC[O-].CC[O-].CC[O-].CC[O-].[Ti+4]. The van der Waals surface area contributed by atoms with Gasteiger partial charge in [0.15, 0.2) is 0 Å². The summed E-state index contributed by atoms with van der Waals surface area (Å²) >= 11 is 5.63. The van der Waals surface area contributed by atoms with Crippen molar-refractivity contribution in [2.45, 2.75) is 66.1 Å². The third-order valence-corrected chi connectivity index (χ3v) is 4.20. The number of hydrogen-bond donors (Lipinski definition) is 0. The van der Waals surface area contributed by atoms with Gasteiger partial charge >= 0.3 is 21.7 Å². The molecule has 0 fully saturated rings. The summed E-state index contributed by atoms with van der Waals surface area (Å²) in [5, 5.41) is 35.7. The molecule has 0 spiro atoms. The fourth-order valence-corrected chi connectivity index (χ4v) is 2.22. The fourth-order valence-electron chi connectivity index (χ4n) is 1.42. The van der Waals surface area contributed by atoms with Crippen LogP contribution in [0.3, 0.4) is 0 Å². The maximum Gasteiger partial charge on any atom is 4.00 e. The van der Waals surface area contributed by atoms with Crippen molar-refractivity contribution in [3.8, 4) is 0 Å². The van der Waals surface area contributed by atoms with Gasteiger partial charge < -0.3 is 20.4 Å². The molecule has 192 valence electrons. The zero-order valence-electron chi connectivity index (χ0n) is 20.7. The van der Waals surface area contributed by atoms with Gasteiger partial charge in [-0.1, -0.05) is 27.7 Å². The molecular formula is C22H38ClF2NO5STi. The van der Waals surface area contributed by atoms with E-state index in [4.69, 9.17) is 32.0 Å². The first-order valence-electron chi connectivity index (χ1n) is 10.2. The minimum absolute atomic E-state index is 0. The minimum atomic E-state index is -1.53. The molecule has 0 amide bonds. The second-order valence-electron chi connectivity index (χ2n) is 6.47. The van der Waals surface area contributed by atoms with Crippen LogP contribution >= 0.6 is 11.6 Å². The molecule has 0 unspecified atom stereocenters. The third kappa shape index (κ3) is 29.7. The Kier molecular flexibility index (Phi) is 38.7. The number of rotatable bonds is 5. The smallest absolute Gasteiger partial charge is 0.855 e. The van der Waals surface area contributed by atoms with E-state index >= 15 is 0 Å². The Morgan fingerprint density at radius 1 is 0.970 bits per heavy atom. The van der Waals surface area contributed by atoms with Gasteiger partial charge in [0, 0.05) is 11.4 Å². The maximum atomic E-state index is 13.8. The van der Waals surface area contributed by atoms with Crippen molar-refractivity contribution in [1.82, 2.24) is 0 Å². The number of halogens is 3. The van der Waals surface area contributed by atoms with Crippen molar-refractivity contribution in [2.75, 3.05) is 32.3 Å². The summed E-state index contributed by atoms with van der Waals surface area (Å²) in [5.41, 5.74) is 0.337. The molecule has 0 aromatic heterocycles.